The molecule has 0 spiro atoms. The van der Waals surface area contributed by atoms with E-state index in [9.17, 15) is 24.6 Å². The van der Waals surface area contributed by atoms with Crippen molar-refractivity contribution >= 4 is 17.7 Å². The van der Waals surface area contributed by atoms with Crippen molar-refractivity contribution in [1.82, 2.24) is 0 Å². The summed E-state index contributed by atoms with van der Waals surface area (Å²) >= 11 is 0. The predicted molar refractivity (Wildman–Crippen MR) is 182 cm³/mol. The number of aliphatic hydroxyl groups excluding tert-OH is 3. The second-order valence-electron chi connectivity index (χ2n) is 8.15. The van der Waals surface area contributed by atoms with Gasteiger partial charge in [0, 0.05) is 18.6 Å². The Labute approximate surface area is 271 Å². The van der Waals surface area contributed by atoms with Gasteiger partial charge in [-0.05, 0) is 25.0 Å². The lowest BCUT2D eigenvalue weighted by molar-refractivity contribution is -0.145. The molecule has 0 saturated carbocycles. The first-order valence-electron chi connectivity index (χ1n) is 15.8. The Hall–Kier alpha value is -3.85. The monoisotopic (exact) mass is 628 g/mol. The molecule has 0 aliphatic rings. The van der Waals surface area contributed by atoms with E-state index in [1.807, 2.05) is 96.1 Å². The van der Waals surface area contributed by atoms with E-state index < -0.39 is 18.2 Å². The highest BCUT2D eigenvalue weighted by molar-refractivity contribution is 6.05. The summed E-state index contributed by atoms with van der Waals surface area (Å²) in [5.74, 6) is -1.05. The van der Waals surface area contributed by atoms with Crippen molar-refractivity contribution in [3.05, 3.63) is 108 Å². The zero-order chi connectivity index (χ0) is 34.9. The number of hydrogen-bond acceptors (Lipinski definition) is 8. The number of hydrogen-bond donors (Lipinski definition) is 3. The van der Waals surface area contributed by atoms with Crippen LogP contribution >= 0.6 is 0 Å². The van der Waals surface area contributed by atoms with Crippen molar-refractivity contribution in [2.45, 2.75) is 86.9 Å². The van der Waals surface area contributed by atoms with Gasteiger partial charge in [0.15, 0.2) is 5.78 Å². The average molecular weight is 629 g/mol. The van der Waals surface area contributed by atoms with E-state index in [0.29, 0.717) is 25.2 Å². The Bertz CT molecular complexity index is 1070. The van der Waals surface area contributed by atoms with Crippen LogP contribution in [0.1, 0.15) is 108 Å². The second kappa shape index (κ2) is 33.1. The zero-order valence-electron chi connectivity index (χ0n) is 28.4. The van der Waals surface area contributed by atoms with Crippen LogP contribution in [0, 0.1) is 0 Å². The van der Waals surface area contributed by atoms with E-state index in [-0.39, 0.29) is 31.2 Å². The minimum absolute atomic E-state index is 0.0118. The quantitative estimate of drug-likeness (QED) is 0.112. The van der Waals surface area contributed by atoms with Gasteiger partial charge in [-0.1, -0.05) is 133 Å². The molecule has 0 aromatic heterocycles. The van der Waals surface area contributed by atoms with Crippen LogP contribution in [0.15, 0.2) is 91.0 Å². The van der Waals surface area contributed by atoms with Gasteiger partial charge in [-0.2, -0.15) is 0 Å². The standard InChI is InChI=1S/C11H14O3.C11H12O3.C9H12O2.3C2H6/c2*1-2-14-11(13)8-10(12)9-6-4-3-5-7-9;10-7-6-9(11)8-4-2-1-3-5-8;3*1-2/h3-7,10,12H,2,8H2,1H3;3-7H,2,8H2,1H3;1-5,9-11H,6-7H2;3*1-2H3/t10-;;9-;;;/m0.0.../s1. The lowest BCUT2D eigenvalue weighted by Gasteiger charge is -2.09. The van der Waals surface area contributed by atoms with Gasteiger partial charge in [-0.3, -0.25) is 14.4 Å². The smallest absolute Gasteiger partial charge is 0.313 e. The Morgan fingerprint density at radius 2 is 0.978 bits per heavy atom. The van der Waals surface area contributed by atoms with Crippen LogP contribution in [0.2, 0.25) is 0 Å². The van der Waals surface area contributed by atoms with Crippen LogP contribution in [0.4, 0.5) is 0 Å². The minimum atomic E-state index is -0.768. The van der Waals surface area contributed by atoms with E-state index in [1.54, 1.807) is 50.2 Å². The number of rotatable bonds is 11. The molecule has 8 nitrogen and oxygen atoms in total. The average Bonchev–Trinajstić information content (AvgIpc) is 3.09. The van der Waals surface area contributed by atoms with Gasteiger partial charge in [0.1, 0.15) is 6.42 Å². The highest BCUT2D eigenvalue weighted by Gasteiger charge is 2.13. The molecule has 0 fully saturated rings. The largest absolute Gasteiger partial charge is 0.466 e. The molecule has 8 heteroatoms. The Balaban J connectivity index is -0.000000545. The van der Waals surface area contributed by atoms with Crippen molar-refractivity contribution in [2.24, 2.45) is 0 Å². The summed E-state index contributed by atoms with van der Waals surface area (Å²) in [6, 6.07) is 27.1. The first-order valence-corrected chi connectivity index (χ1v) is 15.8. The summed E-state index contributed by atoms with van der Waals surface area (Å²) in [4.78, 5) is 33.5. The topological polar surface area (TPSA) is 130 Å². The maximum atomic E-state index is 11.4. The van der Waals surface area contributed by atoms with Gasteiger partial charge in [0.25, 0.3) is 0 Å². The number of carbonyl (C=O) groups is 3. The summed E-state index contributed by atoms with van der Waals surface area (Å²) in [6.45, 7) is 16.1. The number of esters is 2. The van der Waals surface area contributed by atoms with Gasteiger partial charge in [0.05, 0.1) is 31.8 Å². The summed E-state index contributed by atoms with van der Waals surface area (Å²) in [5.41, 5.74) is 2.14. The third-order valence-corrected chi connectivity index (χ3v) is 5.14. The third-order valence-electron chi connectivity index (χ3n) is 5.14. The fraction of sp³-hybridized carbons (Fsp3) is 0.432. The maximum Gasteiger partial charge on any atom is 0.313 e. The molecule has 0 saturated heterocycles. The van der Waals surface area contributed by atoms with Crippen LogP contribution in [-0.4, -0.2) is 52.9 Å². The molecular formula is C37H56O8. The molecule has 252 valence electrons. The second-order valence-corrected chi connectivity index (χ2v) is 8.15. The molecule has 0 aliphatic carbocycles. The zero-order valence-corrected chi connectivity index (χ0v) is 28.4. The summed E-state index contributed by atoms with van der Waals surface area (Å²) < 4.78 is 9.41. The molecule has 3 N–H and O–H groups in total. The summed E-state index contributed by atoms with van der Waals surface area (Å²) in [5, 5.41) is 27.5. The number of Topliss-reactive ketones (excluding diaryl/α,β-unsaturated/α-hetero) is 1. The van der Waals surface area contributed by atoms with Gasteiger partial charge in [-0.25, -0.2) is 0 Å². The van der Waals surface area contributed by atoms with Gasteiger partial charge >= 0.3 is 11.9 Å². The highest BCUT2D eigenvalue weighted by Crippen LogP contribution is 2.16. The van der Waals surface area contributed by atoms with Gasteiger partial charge in [-0.15, -0.1) is 0 Å². The predicted octanol–water partition coefficient (Wildman–Crippen LogP) is 7.68. The molecule has 3 aromatic carbocycles. The number of aliphatic hydroxyl groups is 3. The lowest BCUT2D eigenvalue weighted by Crippen LogP contribution is -2.11. The number of ether oxygens (including phenoxy) is 2. The SMILES string of the molecule is CC.CC.CC.CCOC(=O)CC(=O)c1ccccc1.CCOC(=O)C[C@H](O)c1ccccc1.OCC[C@H](O)c1ccccc1. The van der Waals surface area contributed by atoms with E-state index >= 15 is 0 Å². The molecule has 3 rings (SSSR count). The maximum absolute atomic E-state index is 11.4. The molecule has 0 unspecified atom stereocenters. The summed E-state index contributed by atoms with van der Waals surface area (Å²) in [6.07, 6.45) is -1.06. The molecule has 3 aromatic rings. The van der Waals surface area contributed by atoms with Crippen LogP contribution in [0.5, 0.6) is 0 Å². The molecule has 0 radical (unpaired) electrons. The number of benzene rings is 3. The van der Waals surface area contributed by atoms with Crippen molar-refractivity contribution in [3.8, 4) is 0 Å². The van der Waals surface area contributed by atoms with Crippen molar-refractivity contribution in [2.75, 3.05) is 19.8 Å². The number of carbonyl (C=O) groups excluding carboxylic acids is 3. The first kappa shape index (κ1) is 45.6. The van der Waals surface area contributed by atoms with Crippen LogP contribution in [0.25, 0.3) is 0 Å². The normalized spacial score (nSPS) is 10.3. The van der Waals surface area contributed by atoms with E-state index in [1.165, 1.54) is 0 Å². The Morgan fingerprint density at radius 1 is 0.600 bits per heavy atom. The minimum Gasteiger partial charge on any atom is -0.466 e. The van der Waals surface area contributed by atoms with E-state index in [0.717, 1.165) is 11.1 Å². The Kier molecular flexibility index (Phi) is 33.5. The van der Waals surface area contributed by atoms with Crippen molar-refractivity contribution in [1.29, 1.82) is 0 Å². The molecule has 0 aliphatic heterocycles. The van der Waals surface area contributed by atoms with Gasteiger partial charge in [0.2, 0.25) is 0 Å². The summed E-state index contributed by atoms with van der Waals surface area (Å²) in [7, 11) is 0. The fourth-order valence-corrected chi connectivity index (χ4v) is 3.20. The molecule has 0 bridgehead atoms. The highest BCUT2D eigenvalue weighted by atomic mass is 16.5. The van der Waals surface area contributed by atoms with Crippen LogP contribution in [0.3, 0.4) is 0 Å². The van der Waals surface area contributed by atoms with E-state index in [2.05, 4.69) is 4.74 Å². The van der Waals surface area contributed by atoms with E-state index in [4.69, 9.17) is 9.84 Å². The molecule has 0 amide bonds. The fourth-order valence-electron chi connectivity index (χ4n) is 3.20. The Morgan fingerprint density at radius 3 is 1.38 bits per heavy atom. The van der Waals surface area contributed by atoms with Crippen LogP contribution in [-0.2, 0) is 19.1 Å². The third kappa shape index (κ3) is 24.2. The van der Waals surface area contributed by atoms with Crippen molar-refractivity contribution < 1.29 is 39.2 Å². The van der Waals surface area contributed by atoms with Crippen LogP contribution < -0.4 is 0 Å². The first-order chi connectivity index (χ1) is 21.8. The molecular weight excluding hydrogens is 572 g/mol. The number of ketones is 1. The van der Waals surface area contributed by atoms with Crippen molar-refractivity contribution in [3.63, 3.8) is 0 Å². The van der Waals surface area contributed by atoms with Gasteiger partial charge < -0.3 is 24.8 Å². The molecule has 0 heterocycles. The molecule has 2 atom stereocenters. The molecule has 45 heavy (non-hydrogen) atoms. The lowest BCUT2D eigenvalue weighted by atomic mass is 10.1.